The standard InChI is InChI=1S/C12H21N3O3/c13-7-9-4-6-14(8-9)12(18)15-5-2-1-3-10(15)11(16)17/h9-10H,1-8,13H2,(H,16,17). The molecule has 2 atom stereocenters. The Balaban J connectivity index is 2.00. The van der Waals surface area contributed by atoms with Gasteiger partial charge in [0.05, 0.1) is 0 Å². The normalized spacial score (nSPS) is 28.5. The zero-order valence-electron chi connectivity index (χ0n) is 10.5. The largest absolute Gasteiger partial charge is 0.480 e. The van der Waals surface area contributed by atoms with Gasteiger partial charge in [-0.25, -0.2) is 9.59 Å². The second-order valence-electron chi connectivity index (χ2n) is 5.16. The van der Waals surface area contributed by atoms with Crippen molar-refractivity contribution in [1.29, 1.82) is 0 Å². The van der Waals surface area contributed by atoms with Gasteiger partial charge in [-0.3, -0.25) is 0 Å². The van der Waals surface area contributed by atoms with Gasteiger partial charge in [0.25, 0.3) is 0 Å². The van der Waals surface area contributed by atoms with Crippen LogP contribution >= 0.6 is 0 Å². The monoisotopic (exact) mass is 255 g/mol. The number of hydrogen-bond donors (Lipinski definition) is 2. The number of carboxylic acid groups (broad SMARTS) is 1. The van der Waals surface area contributed by atoms with Crippen LogP contribution in [-0.4, -0.2) is 59.1 Å². The van der Waals surface area contributed by atoms with Gasteiger partial charge in [0, 0.05) is 19.6 Å². The first-order chi connectivity index (χ1) is 8.63. The van der Waals surface area contributed by atoms with E-state index in [4.69, 9.17) is 10.8 Å². The van der Waals surface area contributed by atoms with Crippen LogP contribution in [0.4, 0.5) is 4.79 Å². The predicted octanol–water partition coefficient (Wildman–Crippen LogP) is 0.326. The van der Waals surface area contributed by atoms with Crippen LogP contribution in [-0.2, 0) is 4.79 Å². The van der Waals surface area contributed by atoms with Crippen molar-refractivity contribution in [3.63, 3.8) is 0 Å². The van der Waals surface area contributed by atoms with Crippen LogP contribution in [0.25, 0.3) is 0 Å². The smallest absolute Gasteiger partial charge is 0.326 e. The van der Waals surface area contributed by atoms with Crippen LogP contribution < -0.4 is 5.73 Å². The molecule has 0 aromatic heterocycles. The average Bonchev–Trinajstić information content (AvgIpc) is 2.86. The van der Waals surface area contributed by atoms with Crippen LogP contribution in [0.5, 0.6) is 0 Å². The molecule has 0 saturated carbocycles. The molecule has 2 fully saturated rings. The van der Waals surface area contributed by atoms with Gasteiger partial charge in [-0.05, 0) is 38.1 Å². The van der Waals surface area contributed by atoms with Crippen molar-refractivity contribution in [2.75, 3.05) is 26.2 Å². The Hall–Kier alpha value is -1.30. The van der Waals surface area contributed by atoms with Gasteiger partial charge in [-0.2, -0.15) is 0 Å². The van der Waals surface area contributed by atoms with Crippen molar-refractivity contribution in [3.8, 4) is 0 Å². The molecule has 0 aromatic rings. The topological polar surface area (TPSA) is 86.9 Å². The summed E-state index contributed by atoms with van der Waals surface area (Å²) in [5.74, 6) is -0.528. The first kappa shape index (κ1) is 13.1. The number of piperidine rings is 1. The fourth-order valence-corrected chi connectivity index (χ4v) is 2.80. The number of carboxylic acids is 1. The lowest BCUT2D eigenvalue weighted by atomic mass is 10.0. The maximum atomic E-state index is 12.3. The first-order valence-corrected chi connectivity index (χ1v) is 6.62. The second kappa shape index (κ2) is 5.56. The van der Waals surface area contributed by atoms with E-state index in [0.29, 0.717) is 38.5 Å². The highest BCUT2D eigenvalue weighted by Crippen LogP contribution is 2.22. The van der Waals surface area contributed by atoms with Crippen LogP contribution in [0.1, 0.15) is 25.7 Å². The van der Waals surface area contributed by atoms with Crippen molar-refractivity contribution >= 4 is 12.0 Å². The van der Waals surface area contributed by atoms with Gasteiger partial charge < -0.3 is 20.6 Å². The van der Waals surface area contributed by atoms with Gasteiger partial charge in [0.2, 0.25) is 0 Å². The van der Waals surface area contributed by atoms with Gasteiger partial charge in [-0.1, -0.05) is 0 Å². The van der Waals surface area contributed by atoms with Crippen LogP contribution in [0.15, 0.2) is 0 Å². The van der Waals surface area contributed by atoms with E-state index >= 15 is 0 Å². The highest BCUT2D eigenvalue weighted by molar-refractivity contribution is 5.83. The fourth-order valence-electron chi connectivity index (χ4n) is 2.80. The van der Waals surface area contributed by atoms with Gasteiger partial charge in [0.15, 0.2) is 0 Å². The molecule has 2 amide bonds. The third-order valence-electron chi connectivity index (χ3n) is 3.92. The molecule has 6 nitrogen and oxygen atoms in total. The molecule has 0 aliphatic carbocycles. The lowest BCUT2D eigenvalue weighted by Crippen LogP contribution is -2.52. The summed E-state index contributed by atoms with van der Waals surface area (Å²) < 4.78 is 0. The number of nitrogens with two attached hydrogens (primary N) is 1. The third kappa shape index (κ3) is 2.58. The molecule has 2 saturated heterocycles. The minimum atomic E-state index is -0.891. The SMILES string of the molecule is NCC1CCN(C(=O)N2CCCCC2C(=O)O)C1. The Morgan fingerprint density at radius 3 is 2.61 bits per heavy atom. The zero-order valence-corrected chi connectivity index (χ0v) is 10.5. The van der Waals surface area contributed by atoms with Crippen molar-refractivity contribution in [2.45, 2.75) is 31.7 Å². The van der Waals surface area contributed by atoms with Gasteiger partial charge in [-0.15, -0.1) is 0 Å². The van der Waals surface area contributed by atoms with Crippen LogP contribution in [0, 0.1) is 5.92 Å². The molecular weight excluding hydrogens is 234 g/mol. The van der Waals surface area contributed by atoms with Crippen LogP contribution in [0.2, 0.25) is 0 Å². The molecule has 18 heavy (non-hydrogen) atoms. The molecule has 3 N–H and O–H groups in total. The van der Waals surface area contributed by atoms with E-state index in [0.717, 1.165) is 19.3 Å². The second-order valence-corrected chi connectivity index (χ2v) is 5.16. The van der Waals surface area contributed by atoms with E-state index in [-0.39, 0.29) is 6.03 Å². The predicted molar refractivity (Wildman–Crippen MR) is 66.1 cm³/mol. The number of amides is 2. The molecule has 2 aliphatic heterocycles. The van der Waals surface area contributed by atoms with E-state index in [1.165, 1.54) is 4.90 Å². The number of aliphatic carboxylic acids is 1. The van der Waals surface area contributed by atoms with E-state index < -0.39 is 12.0 Å². The number of nitrogens with zero attached hydrogens (tertiary/aromatic N) is 2. The Bertz CT molecular complexity index is 335. The molecule has 2 aliphatic rings. The summed E-state index contributed by atoms with van der Waals surface area (Å²) in [4.78, 5) is 26.8. The van der Waals surface area contributed by atoms with Crippen molar-refractivity contribution in [3.05, 3.63) is 0 Å². The Morgan fingerprint density at radius 1 is 1.22 bits per heavy atom. The third-order valence-corrected chi connectivity index (χ3v) is 3.92. The van der Waals surface area contributed by atoms with Crippen LogP contribution in [0.3, 0.4) is 0 Å². The van der Waals surface area contributed by atoms with E-state index in [9.17, 15) is 9.59 Å². The number of urea groups is 1. The number of likely N-dealkylation sites (tertiary alicyclic amines) is 2. The molecule has 2 rings (SSSR count). The van der Waals surface area contributed by atoms with Gasteiger partial charge >= 0.3 is 12.0 Å². The van der Waals surface area contributed by atoms with Gasteiger partial charge in [0.1, 0.15) is 6.04 Å². The maximum Gasteiger partial charge on any atom is 0.326 e. The van der Waals surface area contributed by atoms with E-state index in [1.54, 1.807) is 4.90 Å². The number of rotatable bonds is 2. The van der Waals surface area contributed by atoms with Crippen molar-refractivity contribution < 1.29 is 14.7 Å². The summed E-state index contributed by atoms with van der Waals surface area (Å²) in [5, 5.41) is 9.17. The highest BCUT2D eigenvalue weighted by atomic mass is 16.4. The summed E-state index contributed by atoms with van der Waals surface area (Å²) in [5.41, 5.74) is 5.60. The van der Waals surface area contributed by atoms with Crippen molar-refractivity contribution in [1.82, 2.24) is 9.80 Å². The van der Waals surface area contributed by atoms with E-state index in [2.05, 4.69) is 0 Å². The maximum absolute atomic E-state index is 12.3. The molecule has 2 heterocycles. The molecule has 2 unspecified atom stereocenters. The summed E-state index contributed by atoms with van der Waals surface area (Å²) in [6.07, 6.45) is 3.26. The Morgan fingerprint density at radius 2 is 2.00 bits per heavy atom. The summed E-state index contributed by atoms with van der Waals surface area (Å²) in [7, 11) is 0. The van der Waals surface area contributed by atoms with E-state index in [1.807, 2.05) is 0 Å². The zero-order chi connectivity index (χ0) is 13.1. The number of carbonyl (C=O) groups excluding carboxylic acids is 1. The number of carbonyl (C=O) groups is 2. The molecule has 0 spiro atoms. The summed E-state index contributed by atoms with van der Waals surface area (Å²) in [6.45, 7) is 2.51. The molecule has 0 radical (unpaired) electrons. The molecular formula is C12H21N3O3. The minimum Gasteiger partial charge on any atom is -0.480 e. The molecule has 0 aromatic carbocycles. The summed E-state index contributed by atoms with van der Waals surface area (Å²) in [6, 6.07) is -0.777. The van der Waals surface area contributed by atoms with Crippen molar-refractivity contribution in [2.24, 2.45) is 11.7 Å². The fraction of sp³-hybridized carbons (Fsp3) is 0.833. The quantitative estimate of drug-likeness (QED) is 0.744. The molecule has 102 valence electrons. The Kier molecular flexibility index (Phi) is 4.06. The highest BCUT2D eigenvalue weighted by Gasteiger charge is 2.36. The average molecular weight is 255 g/mol. The number of hydrogen-bond acceptors (Lipinski definition) is 3. The Labute approximate surface area is 107 Å². The lowest BCUT2D eigenvalue weighted by molar-refractivity contribution is -0.143. The first-order valence-electron chi connectivity index (χ1n) is 6.62. The summed E-state index contributed by atoms with van der Waals surface area (Å²) >= 11 is 0. The molecule has 0 bridgehead atoms. The molecule has 6 heteroatoms. The lowest BCUT2D eigenvalue weighted by Gasteiger charge is -2.35. The minimum absolute atomic E-state index is 0.127.